The van der Waals surface area contributed by atoms with Crippen LogP contribution in [-0.2, 0) is 18.1 Å². The topological polar surface area (TPSA) is 65.0 Å². The molecule has 0 spiro atoms. The zero-order valence-electron chi connectivity index (χ0n) is 5.60. The van der Waals surface area contributed by atoms with Crippen molar-refractivity contribution in [1.29, 1.82) is 0 Å². The van der Waals surface area contributed by atoms with Crippen LogP contribution in [0.4, 0.5) is 0 Å². The minimum absolute atomic E-state index is 0.261. The summed E-state index contributed by atoms with van der Waals surface area (Å²) in [6.07, 6.45) is 1.17. The molecule has 0 saturated heterocycles. The van der Waals surface area contributed by atoms with E-state index in [1.807, 2.05) is 0 Å². The van der Waals surface area contributed by atoms with Crippen LogP contribution in [0.15, 0.2) is 23.5 Å². The Bertz CT molecular complexity index is 315. The van der Waals surface area contributed by atoms with Gasteiger partial charge in [-0.05, 0) is 6.92 Å². The van der Waals surface area contributed by atoms with Gasteiger partial charge in [-0.3, -0.25) is 0 Å². The van der Waals surface area contributed by atoms with Gasteiger partial charge in [0.05, 0.1) is 5.57 Å². The summed E-state index contributed by atoms with van der Waals surface area (Å²) in [5.41, 5.74) is 0.383. The van der Waals surface area contributed by atoms with Crippen molar-refractivity contribution in [3.8, 4) is 0 Å². The average Bonchev–Trinajstić information content (AvgIpc) is 2.25. The number of phosphoric acid groups is 1. The molecule has 0 amide bonds. The van der Waals surface area contributed by atoms with Gasteiger partial charge >= 0.3 is 7.82 Å². The Morgan fingerprint density at radius 1 is 1.55 bits per heavy atom. The number of allylic oxidation sites excluding steroid dienone is 1. The first-order chi connectivity index (χ1) is 5.11. The molecule has 2 aliphatic rings. The fraction of sp³-hybridized carbons (Fsp3) is 0.200. The fourth-order valence-electron chi connectivity index (χ4n) is 0.753. The third-order valence-electron chi connectivity index (χ3n) is 1.39. The van der Waals surface area contributed by atoms with Crippen LogP contribution in [0, 0.1) is 0 Å². The molecule has 5 nitrogen and oxygen atoms in total. The highest BCUT2D eigenvalue weighted by Gasteiger charge is 2.44. The van der Waals surface area contributed by atoms with E-state index in [1.165, 1.54) is 6.26 Å². The Morgan fingerprint density at radius 2 is 2.27 bits per heavy atom. The van der Waals surface area contributed by atoms with Crippen molar-refractivity contribution in [3.63, 3.8) is 0 Å². The maximum atomic E-state index is 11.1. The van der Waals surface area contributed by atoms with Gasteiger partial charge in [0.15, 0.2) is 5.76 Å². The van der Waals surface area contributed by atoms with Gasteiger partial charge in [0.25, 0.3) is 5.95 Å². The molecular formula is C5H5O5P. The first kappa shape index (κ1) is 6.61. The van der Waals surface area contributed by atoms with Crippen LogP contribution in [0.3, 0.4) is 0 Å². The van der Waals surface area contributed by atoms with E-state index in [0.717, 1.165) is 0 Å². The molecule has 0 radical (unpaired) electrons. The van der Waals surface area contributed by atoms with Crippen molar-refractivity contribution in [2.24, 2.45) is 0 Å². The van der Waals surface area contributed by atoms with Crippen molar-refractivity contribution < 1.29 is 23.2 Å². The zero-order chi connectivity index (χ0) is 8.06. The molecule has 11 heavy (non-hydrogen) atoms. The van der Waals surface area contributed by atoms with E-state index in [0.29, 0.717) is 5.57 Å². The first-order valence-electron chi connectivity index (χ1n) is 2.89. The molecule has 0 saturated carbocycles. The van der Waals surface area contributed by atoms with Crippen LogP contribution in [0.5, 0.6) is 0 Å². The van der Waals surface area contributed by atoms with Crippen LogP contribution < -0.4 is 0 Å². The zero-order valence-corrected chi connectivity index (χ0v) is 6.50. The van der Waals surface area contributed by atoms with E-state index >= 15 is 0 Å². The summed E-state index contributed by atoms with van der Waals surface area (Å²) in [7, 11) is -3.51. The summed E-state index contributed by atoms with van der Waals surface area (Å²) in [5.74, 6) is -0.139. The molecule has 2 rings (SSSR count). The number of hydrogen-bond acceptors (Lipinski definition) is 5. The SMILES string of the molecule is CC1=C(O)OP2(=O)OC=C1O2. The van der Waals surface area contributed by atoms with Crippen LogP contribution in [-0.4, -0.2) is 5.11 Å². The molecule has 0 aromatic rings. The van der Waals surface area contributed by atoms with Crippen LogP contribution in [0.2, 0.25) is 0 Å². The van der Waals surface area contributed by atoms with E-state index < -0.39 is 13.8 Å². The largest absolute Gasteiger partial charge is 0.649 e. The van der Waals surface area contributed by atoms with Crippen LogP contribution in [0.25, 0.3) is 0 Å². The molecule has 2 heterocycles. The summed E-state index contributed by atoms with van der Waals surface area (Å²) in [6, 6.07) is 0. The maximum Gasteiger partial charge on any atom is 0.649 e. The van der Waals surface area contributed by atoms with Gasteiger partial charge in [0, 0.05) is 0 Å². The average molecular weight is 176 g/mol. The lowest BCUT2D eigenvalue weighted by atomic mass is 10.3. The molecule has 1 N–H and O–H groups in total. The lowest BCUT2D eigenvalue weighted by Gasteiger charge is -2.16. The second-order valence-corrected chi connectivity index (χ2v) is 3.62. The van der Waals surface area contributed by atoms with Gasteiger partial charge in [-0.25, -0.2) is 0 Å². The van der Waals surface area contributed by atoms with Gasteiger partial charge in [0.2, 0.25) is 0 Å². The standard InChI is InChI=1S/C5H5O5P/c1-3-4-2-8-11(7,9-4)10-5(3)6/h2,6H,1H3. The number of aliphatic hydroxyl groups excluding tert-OH is 1. The van der Waals surface area contributed by atoms with Crippen molar-refractivity contribution in [1.82, 2.24) is 0 Å². The lowest BCUT2D eigenvalue weighted by Crippen LogP contribution is -2.01. The summed E-state index contributed by atoms with van der Waals surface area (Å²) >= 11 is 0. The van der Waals surface area contributed by atoms with Crippen molar-refractivity contribution in [2.75, 3.05) is 0 Å². The van der Waals surface area contributed by atoms with Gasteiger partial charge in [-0.2, -0.15) is 4.57 Å². The smallest absolute Gasteiger partial charge is 0.480 e. The number of fused-ring (bicyclic) bond motifs is 2. The van der Waals surface area contributed by atoms with Gasteiger partial charge in [0.1, 0.15) is 6.26 Å². The van der Waals surface area contributed by atoms with E-state index in [9.17, 15) is 4.57 Å². The second kappa shape index (κ2) is 1.74. The maximum absolute atomic E-state index is 11.1. The first-order valence-corrected chi connectivity index (χ1v) is 4.35. The van der Waals surface area contributed by atoms with E-state index in [4.69, 9.17) is 9.63 Å². The predicted molar refractivity (Wildman–Crippen MR) is 34.3 cm³/mol. The Kier molecular flexibility index (Phi) is 1.04. The Balaban J connectivity index is 2.51. The molecule has 6 heteroatoms. The highest BCUT2D eigenvalue weighted by atomic mass is 31.2. The highest BCUT2D eigenvalue weighted by Crippen LogP contribution is 2.61. The third-order valence-corrected chi connectivity index (χ3v) is 2.57. The highest BCUT2D eigenvalue weighted by molar-refractivity contribution is 7.49. The molecule has 0 fully saturated rings. The molecular weight excluding hydrogens is 171 g/mol. The third kappa shape index (κ3) is 0.811. The number of rotatable bonds is 0. The Labute approximate surface area is 62.5 Å². The summed E-state index contributed by atoms with van der Waals surface area (Å²) in [6.45, 7) is 1.57. The van der Waals surface area contributed by atoms with Gasteiger partial charge in [-0.1, -0.05) is 0 Å². The number of phosphoric ester groups is 1. The van der Waals surface area contributed by atoms with Crippen LogP contribution in [0.1, 0.15) is 6.92 Å². The summed E-state index contributed by atoms with van der Waals surface area (Å²) in [4.78, 5) is 0. The minimum atomic E-state index is -3.51. The van der Waals surface area contributed by atoms with E-state index in [2.05, 4.69) is 9.05 Å². The quantitative estimate of drug-likeness (QED) is 0.570. The molecule has 0 aromatic carbocycles. The number of hydrogen-bond donors (Lipinski definition) is 1. The molecule has 1 unspecified atom stereocenters. The lowest BCUT2D eigenvalue weighted by molar-refractivity contribution is 0.136. The van der Waals surface area contributed by atoms with Crippen molar-refractivity contribution in [3.05, 3.63) is 23.5 Å². The Morgan fingerprint density at radius 3 is 3.00 bits per heavy atom. The van der Waals surface area contributed by atoms with Crippen LogP contribution >= 0.6 is 7.82 Å². The normalized spacial score (nSPS) is 33.7. The van der Waals surface area contributed by atoms with Crippen molar-refractivity contribution in [2.45, 2.75) is 6.92 Å². The summed E-state index contributed by atoms with van der Waals surface area (Å²) in [5, 5.41) is 9.01. The molecule has 0 aromatic heterocycles. The molecule has 1 atom stereocenters. The van der Waals surface area contributed by atoms with E-state index in [1.54, 1.807) is 6.92 Å². The predicted octanol–water partition coefficient (Wildman–Crippen LogP) is 1.80. The molecule has 60 valence electrons. The fourth-order valence-corrected chi connectivity index (χ4v) is 1.87. The minimum Gasteiger partial charge on any atom is -0.480 e. The summed E-state index contributed by atoms with van der Waals surface area (Å²) < 4.78 is 24.8. The second-order valence-electron chi connectivity index (χ2n) is 2.15. The van der Waals surface area contributed by atoms with Crippen molar-refractivity contribution >= 4 is 7.82 Å². The van der Waals surface area contributed by atoms with Gasteiger partial charge < -0.3 is 18.7 Å². The number of aliphatic hydroxyl groups is 1. The van der Waals surface area contributed by atoms with Gasteiger partial charge in [-0.15, -0.1) is 0 Å². The Hall–Kier alpha value is -1.09. The van der Waals surface area contributed by atoms with E-state index in [-0.39, 0.29) is 5.76 Å². The molecule has 0 aliphatic carbocycles. The monoisotopic (exact) mass is 176 g/mol. The molecule has 2 aliphatic heterocycles. The molecule has 2 bridgehead atoms.